The minimum absolute atomic E-state index is 0.0152. The lowest BCUT2D eigenvalue weighted by molar-refractivity contribution is -0.137. The van der Waals surface area contributed by atoms with Gasteiger partial charge in [-0.2, -0.15) is 4.37 Å². The minimum atomic E-state index is -1.18. The number of aliphatic carboxylic acids is 1. The number of hydrogen-bond donors (Lipinski definition) is 3. The van der Waals surface area contributed by atoms with Crippen LogP contribution in [0.1, 0.15) is 28.9 Å². The van der Waals surface area contributed by atoms with E-state index in [4.69, 9.17) is 15.9 Å². The molecule has 0 spiro atoms. The molecule has 0 aliphatic heterocycles. The molecule has 1 aromatic heterocycles. The summed E-state index contributed by atoms with van der Waals surface area (Å²) < 4.78 is 3.91. The maximum Gasteiger partial charge on any atom is 0.340 e. The quantitative estimate of drug-likeness (QED) is 0.688. The van der Waals surface area contributed by atoms with E-state index in [2.05, 4.69) is 4.37 Å². The summed E-state index contributed by atoms with van der Waals surface area (Å²) in [5, 5.41) is 17.8. The number of rotatable bonds is 6. The number of carboxylic acid groups (broad SMARTS) is 2. The number of amides is 1. The highest BCUT2D eigenvalue weighted by Gasteiger charge is 2.27. The number of aromatic carboxylic acids is 1. The molecule has 0 fully saturated rings. The molecular weight excluding hydrogens is 286 g/mol. The first kappa shape index (κ1) is 16.1. The number of aryl methyl sites for hydroxylation is 1. The number of anilines is 1. The van der Waals surface area contributed by atoms with Gasteiger partial charge in [0, 0.05) is 13.5 Å². The van der Waals surface area contributed by atoms with Gasteiger partial charge >= 0.3 is 11.9 Å². The predicted molar refractivity (Wildman–Crippen MR) is 72.1 cm³/mol. The Labute approximate surface area is 119 Å². The first-order chi connectivity index (χ1) is 9.25. The SMILES string of the molecule is Cc1nsc(N(C)C(=O)C(N)CCC(=O)O)c1C(=O)O. The van der Waals surface area contributed by atoms with Gasteiger partial charge in [-0.1, -0.05) is 0 Å². The molecule has 1 rings (SSSR count). The molecule has 0 bridgehead atoms. The smallest absolute Gasteiger partial charge is 0.340 e. The third kappa shape index (κ3) is 3.52. The lowest BCUT2D eigenvalue weighted by Crippen LogP contribution is -2.42. The van der Waals surface area contributed by atoms with Gasteiger partial charge in [0.05, 0.1) is 11.7 Å². The summed E-state index contributed by atoms with van der Waals surface area (Å²) in [6, 6.07) is -1.000. The fourth-order valence-electron chi connectivity index (χ4n) is 1.58. The molecule has 1 atom stereocenters. The average Bonchev–Trinajstić information content (AvgIpc) is 2.76. The zero-order valence-electron chi connectivity index (χ0n) is 11.0. The summed E-state index contributed by atoms with van der Waals surface area (Å²) in [6.45, 7) is 1.53. The second-order valence-electron chi connectivity index (χ2n) is 4.19. The van der Waals surface area contributed by atoms with Crippen LogP contribution in [-0.4, -0.2) is 45.5 Å². The van der Waals surface area contributed by atoms with Crippen LogP contribution < -0.4 is 10.6 Å². The molecule has 0 saturated heterocycles. The molecule has 1 unspecified atom stereocenters. The van der Waals surface area contributed by atoms with Crippen molar-refractivity contribution in [1.82, 2.24) is 4.37 Å². The van der Waals surface area contributed by atoms with Crippen molar-refractivity contribution in [2.24, 2.45) is 5.73 Å². The van der Waals surface area contributed by atoms with Crippen LogP contribution in [0, 0.1) is 6.92 Å². The fraction of sp³-hybridized carbons (Fsp3) is 0.455. The van der Waals surface area contributed by atoms with Crippen LogP contribution in [0.25, 0.3) is 0 Å². The van der Waals surface area contributed by atoms with Crippen LogP contribution in [0.3, 0.4) is 0 Å². The zero-order valence-corrected chi connectivity index (χ0v) is 11.8. The Hall–Kier alpha value is -2.00. The molecule has 110 valence electrons. The summed E-state index contributed by atoms with van der Waals surface area (Å²) in [4.78, 5) is 34.7. The van der Waals surface area contributed by atoms with Gasteiger partial charge in [0.1, 0.15) is 10.6 Å². The average molecular weight is 301 g/mol. The summed E-state index contributed by atoms with van der Waals surface area (Å²) in [6.07, 6.45) is -0.243. The Kier molecular flexibility index (Phi) is 5.17. The van der Waals surface area contributed by atoms with Crippen molar-refractivity contribution in [1.29, 1.82) is 0 Å². The Balaban J connectivity index is 2.89. The molecular formula is C11H15N3O5S. The van der Waals surface area contributed by atoms with Crippen LogP contribution >= 0.6 is 11.5 Å². The Morgan fingerprint density at radius 2 is 2.00 bits per heavy atom. The summed E-state index contributed by atoms with van der Waals surface area (Å²) >= 11 is 0.885. The van der Waals surface area contributed by atoms with E-state index in [9.17, 15) is 14.4 Å². The molecule has 8 nitrogen and oxygen atoms in total. The largest absolute Gasteiger partial charge is 0.481 e. The normalized spacial score (nSPS) is 11.9. The van der Waals surface area contributed by atoms with Gasteiger partial charge in [0.15, 0.2) is 0 Å². The molecule has 1 aromatic rings. The van der Waals surface area contributed by atoms with Gasteiger partial charge < -0.3 is 20.8 Å². The lowest BCUT2D eigenvalue weighted by atomic mass is 10.1. The van der Waals surface area contributed by atoms with Crippen LogP contribution in [0.5, 0.6) is 0 Å². The number of carbonyl (C=O) groups is 3. The molecule has 0 aromatic carbocycles. The van der Waals surface area contributed by atoms with E-state index < -0.39 is 23.9 Å². The molecule has 1 heterocycles. The van der Waals surface area contributed by atoms with E-state index in [-0.39, 0.29) is 23.4 Å². The first-order valence-corrected chi connectivity index (χ1v) is 6.47. The van der Waals surface area contributed by atoms with Gasteiger partial charge in [-0.3, -0.25) is 9.59 Å². The van der Waals surface area contributed by atoms with E-state index in [1.54, 1.807) is 0 Å². The lowest BCUT2D eigenvalue weighted by Gasteiger charge is -2.19. The van der Waals surface area contributed by atoms with Gasteiger partial charge in [-0.05, 0) is 24.9 Å². The minimum Gasteiger partial charge on any atom is -0.481 e. The van der Waals surface area contributed by atoms with Crippen molar-refractivity contribution in [3.8, 4) is 0 Å². The van der Waals surface area contributed by atoms with Gasteiger partial charge in [-0.25, -0.2) is 4.79 Å². The maximum atomic E-state index is 12.0. The van der Waals surface area contributed by atoms with Gasteiger partial charge in [0.25, 0.3) is 0 Å². The highest BCUT2D eigenvalue weighted by Crippen LogP contribution is 2.28. The molecule has 4 N–H and O–H groups in total. The van der Waals surface area contributed by atoms with Crippen molar-refractivity contribution in [3.05, 3.63) is 11.3 Å². The summed E-state index contributed by atoms with van der Waals surface area (Å²) in [5.41, 5.74) is 5.89. The number of carbonyl (C=O) groups excluding carboxylic acids is 1. The van der Waals surface area contributed by atoms with Crippen molar-refractivity contribution in [2.75, 3.05) is 11.9 Å². The third-order valence-electron chi connectivity index (χ3n) is 2.68. The molecule has 0 aliphatic carbocycles. The number of likely N-dealkylation sites (N-methyl/N-ethyl adjacent to an activating group) is 1. The number of aromatic nitrogens is 1. The predicted octanol–water partition coefficient (Wildman–Crippen LogP) is 0.305. The molecule has 0 saturated carbocycles. The molecule has 20 heavy (non-hydrogen) atoms. The Morgan fingerprint density at radius 3 is 2.50 bits per heavy atom. The maximum absolute atomic E-state index is 12.0. The van der Waals surface area contributed by atoms with Crippen molar-refractivity contribution in [3.63, 3.8) is 0 Å². The fourth-order valence-corrected chi connectivity index (χ4v) is 2.44. The number of nitrogens with zero attached hydrogens (tertiary/aromatic N) is 2. The molecule has 1 amide bonds. The van der Waals surface area contributed by atoms with Crippen LogP contribution in [-0.2, 0) is 9.59 Å². The van der Waals surface area contributed by atoms with Crippen LogP contribution in [0.2, 0.25) is 0 Å². The molecule has 0 aliphatic rings. The van der Waals surface area contributed by atoms with Gasteiger partial charge in [-0.15, -0.1) is 0 Å². The van der Waals surface area contributed by atoms with E-state index in [1.807, 2.05) is 0 Å². The van der Waals surface area contributed by atoms with E-state index >= 15 is 0 Å². The van der Waals surface area contributed by atoms with Crippen LogP contribution in [0.15, 0.2) is 0 Å². The Morgan fingerprint density at radius 1 is 1.40 bits per heavy atom. The van der Waals surface area contributed by atoms with Crippen molar-refractivity contribution in [2.45, 2.75) is 25.8 Å². The van der Waals surface area contributed by atoms with E-state index in [1.165, 1.54) is 14.0 Å². The third-order valence-corrected chi connectivity index (χ3v) is 3.70. The number of hydrogen-bond acceptors (Lipinski definition) is 6. The zero-order chi connectivity index (χ0) is 15.4. The highest BCUT2D eigenvalue weighted by molar-refractivity contribution is 7.11. The summed E-state index contributed by atoms with van der Waals surface area (Å²) in [7, 11) is 1.39. The van der Waals surface area contributed by atoms with Crippen molar-refractivity contribution >= 4 is 34.4 Å². The van der Waals surface area contributed by atoms with E-state index in [0.29, 0.717) is 5.69 Å². The molecule has 9 heteroatoms. The monoisotopic (exact) mass is 301 g/mol. The topological polar surface area (TPSA) is 134 Å². The standard InChI is InChI=1S/C11H15N3O5S/c1-5-8(11(18)19)10(20-13-5)14(2)9(17)6(12)3-4-7(15)16/h6H,3-4,12H2,1-2H3,(H,15,16)(H,18,19). The summed E-state index contributed by atoms with van der Waals surface area (Å²) in [5.74, 6) is -2.77. The second-order valence-corrected chi connectivity index (χ2v) is 4.94. The Bertz CT molecular complexity index is 542. The second kappa shape index (κ2) is 6.44. The van der Waals surface area contributed by atoms with E-state index in [0.717, 1.165) is 16.4 Å². The van der Waals surface area contributed by atoms with Crippen molar-refractivity contribution < 1.29 is 24.6 Å². The van der Waals surface area contributed by atoms with Crippen LogP contribution in [0.4, 0.5) is 5.00 Å². The highest BCUT2D eigenvalue weighted by atomic mass is 32.1. The van der Waals surface area contributed by atoms with Gasteiger partial charge in [0.2, 0.25) is 5.91 Å². The number of carboxylic acids is 2. The first-order valence-electron chi connectivity index (χ1n) is 5.70. The number of nitrogens with two attached hydrogens (primary N) is 1. The molecule has 0 radical (unpaired) electrons.